The topological polar surface area (TPSA) is 33.4 Å². The van der Waals surface area contributed by atoms with Crippen LogP contribution in [-0.2, 0) is 0 Å². The van der Waals surface area contributed by atoms with E-state index < -0.39 is 6.10 Å². The number of aliphatic hydroxyl groups is 1. The van der Waals surface area contributed by atoms with Gasteiger partial charge in [0.05, 0.1) is 5.02 Å². The first-order chi connectivity index (χ1) is 10.1. The zero-order valence-electron chi connectivity index (χ0n) is 11.8. The van der Waals surface area contributed by atoms with Gasteiger partial charge in [0.1, 0.15) is 11.9 Å². The second-order valence-corrected chi connectivity index (χ2v) is 5.78. The van der Waals surface area contributed by atoms with Crippen molar-refractivity contribution in [2.45, 2.75) is 25.4 Å². The molecule has 3 heteroatoms. The van der Waals surface area contributed by atoms with Crippen LogP contribution in [0.3, 0.4) is 0 Å². The lowest BCUT2D eigenvalue weighted by Gasteiger charge is -2.15. The van der Waals surface area contributed by atoms with Gasteiger partial charge in [0.15, 0.2) is 5.58 Å². The molecule has 0 aliphatic heterocycles. The molecular weight excluding hydrogens is 284 g/mol. The molecule has 3 rings (SSSR count). The van der Waals surface area contributed by atoms with Crippen LogP contribution in [-0.4, -0.2) is 5.11 Å². The molecule has 0 aliphatic carbocycles. The third-order valence-electron chi connectivity index (χ3n) is 3.79. The Hall–Kier alpha value is -1.77. The minimum absolute atomic E-state index is 0.255. The zero-order chi connectivity index (χ0) is 14.8. The molecule has 0 saturated heterocycles. The molecule has 0 aliphatic rings. The van der Waals surface area contributed by atoms with Crippen LogP contribution in [0.5, 0.6) is 0 Å². The van der Waals surface area contributed by atoms with Crippen LogP contribution in [0.4, 0.5) is 0 Å². The van der Waals surface area contributed by atoms with Crippen molar-refractivity contribution in [2.24, 2.45) is 0 Å². The van der Waals surface area contributed by atoms with Crippen LogP contribution >= 0.6 is 11.6 Å². The van der Waals surface area contributed by atoms with E-state index in [0.29, 0.717) is 22.8 Å². The maximum atomic E-state index is 10.4. The van der Waals surface area contributed by atoms with E-state index in [0.717, 1.165) is 5.39 Å². The molecule has 2 nitrogen and oxygen atoms in total. The molecule has 1 heterocycles. The first-order valence-electron chi connectivity index (χ1n) is 7.06. The molecule has 108 valence electrons. The molecule has 0 fully saturated rings. The van der Waals surface area contributed by atoms with E-state index in [1.807, 2.05) is 36.4 Å². The van der Waals surface area contributed by atoms with Crippen molar-refractivity contribution in [2.75, 3.05) is 0 Å². The summed E-state index contributed by atoms with van der Waals surface area (Å²) in [6.07, 6.45) is -0.0229. The normalized spacial score (nSPS) is 14.2. The standard InChI is InChI=1S/C18H17ClO2/c1-12(13-6-3-2-4-7-13)10-16(20)17-11-14-8-5-9-15(19)18(14)21-17/h2-9,11-12,16,20H,10H2,1H3. The Morgan fingerprint density at radius 2 is 1.86 bits per heavy atom. The number of benzene rings is 2. The number of hydrogen-bond acceptors (Lipinski definition) is 2. The summed E-state index contributed by atoms with van der Waals surface area (Å²) in [5.74, 6) is 0.825. The van der Waals surface area contributed by atoms with Crippen molar-refractivity contribution >= 4 is 22.6 Å². The quantitative estimate of drug-likeness (QED) is 0.708. The average Bonchev–Trinajstić information content (AvgIpc) is 2.94. The summed E-state index contributed by atoms with van der Waals surface area (Å²) in [4.78, 5) is 0. The van der Waals surface area contributed by atoms with Gasteiger partial charge in [-0.3, -0.25) is 0 Å². The first kappa shape index (κ1) is 14.2. The van der Waals surface area contributed by atoms with Gasteiger partial charge in [-0.1, -0.05) is 61.0 Å². The average molecular weight is 301 g/mol. The van der Waals surface area contributed by atoms with Gasteiger partial charge >= 0.3 is 0 Å². The first-order valence-corrected chi connectivity index (χ1v) is 7.44. The molecule has 0 saturated carbocycles. The molecule has 1 N–H and O–H groups in total. The van der Waals surface area contributed by atoms with Crippen LogP contribution in [0.25, 0.3) is 11.0 Å². The van der Waals surface area contributed by atoms with Crippen molar-refractivity contribution in [3.05, 3.63) is 70.9 Å². The van der Waals surface area contributed by atoms with Gasteiger partial charge in [0.25, 0.3) is 0 Å². The lowest BCUT2D eigenvalue weighted by Crippen LogP contribution is -2.02. The fraction of sp³-hybridized carbons (Fsp3) is 0.222. The largest absolute Gasteiger partial charge is 0.457 e. The summed E-state index contributed by atoms with van der Waals surface area (Å²) in [5.41, 5.74) is 1.85. The van der Waals surface area contributed by atoms with E-state index in [4.69, 9.17) is 16.0 Å². The fourth-order valence-corrected chi connectivity index (χ4v) is 2.80. The Morgan fingerprint density at radius 1 is 1.10 bits per heavy atom. The molecule has 2 unspecified atom stereocenters. The predicted octanol–water partition coefficient (Wildman–Crippen LogP) is 5.31. The Balaban J connectivity index is 1.81. The molecule has 0 spiro atoms. The van der Waals surface area contributed by atoms with E-state index in [1.165, 1.54) is 5.56 Å². The van der Waals surface area contributed by atoms with Gasteiger partial charge in [-0.15, -0.1) is 0 Å². The highest BCUT2D eigenvalue weighted by Crippen LogP contribution is 2.33. The van der Waals surface area contributed by atoms with E-state index >= 15 is 0 Å². The van der Waals surface area contributed by atoms with Crippen molar-refractivity contribution in [1.29, 1.82) is 0 Å². The molecule has 0 bridgehead atoms. The van der Waals surface area contributed by atoms with Gasteiger partial charge in [0.2, 0.25) is 0 Å². The second-order valence-electron chi connectivity index (χ2n) is 5.37. The van der Waals surface area contributed by atoms with E-state index in [1.54, 1.807) is 6.07 Å². The molecule has 2 aromatic carbocycles. The van der Waals surface area contributed by atoms with Gasteiger partial charge < -0.3 is 9.52 Å². The Kier molecular flexibility index (Phi) is 4.00. The summed E-state index contributed by atoms with van der Waals surface area (Å²) >= 11 is 6.10. The number of fused-ring (bicyclic) bond motifs is 1. The fourth-order valence-electron chi connectivity index (χ4n) is 2.58. The Morgan fingerprint density at radius 3 is 2.57 bits per heavy atom. The Labute approximate surface area is 129 Å². The molecule has 0 radical (unpaired) electrons. The minimum atomic E-state index is -0.635. The number of furan rings is 1. The Bertz CT molecular complexity index is 733. The highest BCUT2D eigenvalue weighted by Gasteiger charge is 2.18. The van der Waals surface area contributed by atoms with Crippen LogP contribution < -0.4 is 0 Å². The molecule has 2 atom stereocenters. The number of rotatable bonds is 4. The maximum absolute atomic E-state index is 10.4. The van der Waals surface area contributed by atoms with Crippen molar-refractivity contribution in [3.63, 3.8) is 0 Å². The third kappa shape index (κ3) is 2.97. The predicted molar refractivity (Wildman–Crippen MR) is 85.7 cm³/mol. The van der Waals surface area contributed by atoms with E-state index in [-0.39, 0.29) is 5.92 Å². The van der Waals surface area contributed by atoms with E-state index in [9.17, 15) is 5.11 Å². The highest BCUT2D eigenvalue weighted by molar-refractivity contribution is 6.34. The lowest BCUT2D eigenvalue weighted by atomic mass is 9.94. The lowest BCUT2D eigenvalue weighted by molar-refractivity contribution is 0.135. The monoisotopic (exact) mass is 300 g/mol. The smallest absolute Gasteiger partial charge is 0.152 e. The minimum Gasteiger partial charge on any atom is -0.457 e. The molecule has 3 aromatic rings. The summed E-state index contributed by atoms with van der Waals surface area (Å²) in [6, 6.07) is 17.6. The molecule has 0 amide bonds. The van der Waals surface area contributed by atoms with Crippen molar-refractivity contribution < 1.29 is 9.52 Å². The maximum Gasteiger partial charge on any atom is 0.152 e. The summed E-state index contributed by atoms with van der Waals surface area (Å²) in [6.45, 7) is 2.11. The van der Waals surface area contributed by atoms with Crippen molar-refractivity contribution in [3.8, 4) is 0 Å². The number of hydrogen-bond donors (Lipinski definition) is 1. The summed E-state index contributed by atoms with van der Waals surface area (Å²) < 4.78 is 5.72. The van der Waals surface area contributed by atoms with Gasteiger partial charge in [-0.05, 0) is 30.0 Å². The number of aliphatic hydroxyl groups excluding tert-OH is 1. The highest BCUT2D eigenvalue weighted by atomic mass is 35.5. The van der Waals surface area contributed by atoms with Crippen LogP contribution in [0.15, 0.2) is 59.0 Å². The molecule has 1 aromatic heterocycles. The molecule has 21 heavy (non-hydrogen) atoms. The van der Waals surface area contributed by atoms with Gasteiger partial charge in [0, 0.05) is 5.39 Å². The van der Waals surface area contributed by atoms with Crippen LogP contribution in [0.1, 0.15) is 36.7 Å². The second kappa shape index (κ2) is 5.92. The van der Waals surface area contributed by atoms with Gasteiger partial charge in [-0.25, -0.2) is 0 Å². The van der Waals surface area contributed by atoms with Crippen LogP contribution in [0, 0.1) is 0 Å². The third-order valence-corrected chi connectivity index (χ3v) is 4.09. The number of para-hydroxylation sites is 1. The summed E-state index contributed by atoms with van der Waals surface area (Å²) in [5, 5.41) is 11.9. The van der Waals surface area contributed by atoms with Crippen LogP contribution in [0.2, 0.25) is 5.02 Å². The zero-order valence-corrected chi connectivity index (χ0v) is 12.5. The summed E-state index contributed by atoms with van der Waals surface area (Å²) in [7, 11) is 0. The van der Waals surface area contributed by atoms with Gasteiger partial charge in [-0.2, -0.15) is 0 Å². The SMILES string of the molecule is CC(CC(O)c1cc2cccc(Cl)c2o1)c1ccccc1. The van der Waals surface area contributed by atoms with E-state index in [2.05, 4.69) is 19.1 Å². The number of halogens is 1. The molecular formula is C18H17ClO2. The van der Waals surface area contributed by atoms with Crippen molar-refractivity contribution in [1.82, 2.24) is 0 Å².